The highest BCUT2D eigenvalue weighted by atomic mass is 19.4. The van der Waals surface area contributed by atoms with Crippen LogP contribution < -0.4 is 4.74 Å². The number of amides is 1. The number of methoxy groups -OCH3 is 1. The molecule has 2 aromatic carbocycles. The first-order valence-corrected chi connectivity index (χ1v) is 12.5. The van der Waals surface area contributed by atoms with Gasteiger partial charge in [0.2, 0.25) is 0 Å². The predicted molar refractivity (Wildman–Crippen MR) is 136 cm³/mol. The van der Waals surface area contributed by atoms with Gasteiger partial charge in [0.05, 0.1) is 31.2 Å². The van der Waals surface area contributed by atoms with Crippen molar-refractivity contribution in [2.24, 2.45) is 0 Å². The van der Waals surface area contributed by atoms with Crippen LogP contribution >= 0.6 is 0 Å². The van der Waals surface area contributed by atoms with E-state index in [-0.39, 0.29) is 17.9 Å². The molecule has 4 heterocycles. The van der Waals surface area contributed by atoms with Gasteiger partial charge in [0.1, 0.15) is 17.9 Å². The number of fused-ring (bicyclic) bond motifs is 2. The third kappa shape index (κ3) is 4.42. The Bertz CT molecular complexity index is 1510. The van der Waals surface area contributed by atoms with Crippen LogP contribution in [-0.4, -0.2) is 72.0 Å². The molecule has 1 unspecified atom stereocenters. The fourth-order valence-corrected chi connectivity index (χ4v) is 5.56. The van der Waals surface area contributed by atoms with Crippen molar-refractivity contribution in [1.82, 2.24) is 19.6 Å². The third-order valence-electron chi connectivity index (χ3n) is 7.49. The van der Waals surface area contributed by atoms with E-state index in [0.29, 0.717) is 23.6 Å². The summed E-state index contributed by atoms with van der Waals surface area (Å²) in [7, 11) is 3.53. The number of carbonyl (C=O) groups excluding carboxylic acids is 1. The summed E-state index contributed by atoms with van der Waals surface area (Å²) in [6.07, 6.45) is 2.53. The normalized spacial score (nSPS) is 18.4. The number of likely N-dealkylation sites (tertiary alicyclic amines) is 1. The minimum atomic E-state index is -4.46. The molecule has 10 heteroatoms. The Labute approximate surface area is 217 Å². The molecule has 0 saturated carbocycles. The van der Waals surface area contributed by atoms with Gasteiger partial charge in [-0.2, -0.15) is 18.3 Å². The number of benzene rings is 2. The number of furan rings is 1. The maximum absolute atomic E-state index is 13.0. The molecule has 2 aromatic heterocycles. The number of nitrogens with zero attached hydrogens (tertiary/aromatic N) is 4. The number of hydrogen-bond donors (Lipinski definition) is 0. The first kappa shape index (κ1) is 24.5. The number of hydrogen-bond acceptors (Lipinski definition) is 5. The van der Waals surface area contributed by atoms with Crippen LogP contribution in [0.4, 0.5) is 13.2 Å². The summed E-state index contributed by atoms with van der Waals surface area (Å²) in [6, 6.07) is 9.91. The monoisotopic (exact) mass is 524 g/mol. The molecule has 2 aliphatic heterocycles. The first-order chi connectivity index (χ1) is 18.2. The average Bonchev–Trinajstić information content (AvgIpc) is 3.63. The van der Waals surface area contributed by atoms with Gasteiger partial charge in [0, 0.05) is 35.8 Å². The average molecular weight is 525 g/mol. The molecule has 4 aromatic rings. The van der Waals surface area contributed by atoms with Crippen molar-refractivity contribution in [2.75, 3.05) is 40.3 Å². The number of carbonyl (C=O) groups is 1. The summed E-state index contributed by atoms with van der Waals surface area (Å²) in [5.74, 6) is -0.413. The van der Waals surface area contributed by atoms with Crippen LogP contribution in [0.15, 0.2) is 53.4 Å². The summed E-state index contributed by atoms with van der Waals surface area (Å²) >= 11 is 0. The lowest BCUT2D eigenvalue weighted by Crippen LogP contribution is -2.43. The minimum Gasteiger partial charge on any atom is -0.496 e. The molecule has 0 N–H and O–H groups in total. The Morgan fingerprint density at radius 1 is 1.13 bits per heavy atom. The standard InChI is InChI=1S/C28H27F3N4O3/c1-33-7-6-21(14-33)35-13-20(12-32-35)17-3-4-22-23(15-38-24(22)10-17)19-9-18-5-8-34(16-28(29,30)31)27(36)26(18)25(11-19)37-2/h3-4,9-13,15,21H,5-8,14,16H2,1-2H3. The van der Waals surface area contributed by atoms with Gasteiger partial charge in [0.15, 0.2) is 0 Å². The van der Waals surface area contributed by atoms with Gasteiger partial charge >= 0.3 is 6.18 Å². The molecule has 6 rings (SSSR count). The van der Waals surface area contributed by atoms with Gasteiger partial charge in [-0.15, -0.1) is 0 Å². The highest BCUT2D eigenvalue weighted by molar-refractivity contribution is 6.02. The number of rotatable bonds is 5. The maximum atomic E-state index is 13.0. The van der Waals surface area contributed by atoms with Crippen LogP contribution in [0.25, 0.3) is 33.2 Å². The molecular formula is C28H27F3N4O3. The minimum absolute atomic E-state index is 0.00171. The van der Waals surface area contributed by atoms with Gasteiger partial charge in [-0.05, 0) is 67.4 Å². The van der Waals surface area contributed by atoms with Crippen LogP contribution in [0.3, 0.4) is 0 Å². The lowest BCUT2D eigenvalue weighted by Gasteiger charge is -2.30. The van der Waals surface area contributed by atoms with E-state index in [9.17, 15) is 18.0 Å². The zero-order chi connectivity index (χ0) is 26.6. The lowest BCUT2D eigenvalue weighted by atomic mass is 9.92. The SMILES string of the molecule is COc1cc(-c2coc3cc(-c4cnn(C5CCN(C)C5)c4)ccc23)cc2c1C(=O)N(CC(F)(F)F)CC2. The molecule has 1 atom stereocenters. The molecule has 2 aliphatic rings. The van der Waals surface area contributed by atoms with Crippen LogP contribution in [0.5, 0.6) is 5.75 Å². The maximum Gasteiger partial charge on any atom is 0.406 e. The van der Waals surface area contributed by atoms with Gasteiger partial charge in [-0.25, -0.2) is 0 Å². The summed E-state index contributed by atoms with van der Waals surface area (Å²) in [5, 5.41) is 5.48. The smallest absolute Gasteiger partial charge is 0.406 e. The lowest BCUT2D eigenvalue weighted by molar-refractivity contribution is -0.141. The molecular weight excluding hydrogens is 497 g/mol. The van der Waals surface area contributed by atoms with E-state index in [4.69, 9.17) is 9.15 Å². The summed E-state index contributed by atoms with van der Waals surface area (Å²) < 4.78 is 52.3. The van der Waals surface area contributed by atoms with E-state index in [0.717, 1.165) is 52.1 Å². The van der Waals surface area contributed by atoms with Crippen molar-refractivity contribution in [3.05, 3.63) is 60.1 Å². The summed E-state index contributed by atoms with van der Waals surface area (Å²) in [4.78, 5) is 16.0. The zero-order valence-corrected chi connectivity index (χ0v) is 21.1. The number of ether oxygens (including phenoxy) is 1. The van der Waals surface area contributed by atoms with E-state index < -0.39 is 18.6 Å². The quantitative estimate of drug-likeness (QED) is 0.350. The van der Waals surface area contributed by atoms with E-state index in [2.05, 4.69) is 23.2 Å². The van der Waals surface area contributed by atoms with E-state index in [1.54, 1.807) is 12.3 Å². The van der Waals surface area contributed by atoms with E-state index >= 15 is 0 Å². The Morgan fingerprint density at radius 2 is 1.97 bits per heavy atom. The van der Waals surface area contributed by atoms with Gasteiger partial charge < -0.3 is 19.0 Å². The number of aromatic nitrogens is 2. The molecule has 0 aliphatic carbocycles. The fraction of sp³-hybridized carbons (Fsp3) is 0.357. The fourth-order valence-electron chi connectivity index (χ4n) is 5.56. The van der Waals surface area contributed by atoms with E-state index in [1.807, 2.05) is 35.1 Å². The van der Waals surface area contributed by atoms with Crippen molar-refractivity contribution < 1.29 is 27.1 Å². The molecule has 198 valence electrons. The first-order valence-electron chi connectivity index (χ1n) is 12.5. The van der Waals surface area contributed by atoms with Crippen LogP contribution in [0.1, 0.15) is 28.4 Å². The van der Waals surface area contributed by atoms with Crippen LogP contribution in [-0.2, 0) is 6.42 Å². The Balaban J connectivity index is 1.31. The summed E-state index contributed by atoms with van der Waals surface area (Å²) in [5.41, 5.74) is 5.16. The van der Waals surface area contributed by atoms with Gasteiger partial charge in [-0.3, -0.25) is 9.48 Å². The molecule has 0 bridgehead atoms. The van der Waals surface area contributed by atoms with E-state index in [1.165, 1.54) is 7.11 Å². The topological polar surface area (TPSA) is 63.7 Å². The Morgan fingerprint density at radius 3 is 2.71 bits per heavy atom. The third-order valence-corrected chi connectivity index (χ3v) is 7.49. The van der Waals surface area contributed by atoms with Crippen molar-refractivity contribution in [3.63, 3.8) is 0 Å². The number of likely N-dealkylation sites (N-methyl/N-ethyl adjacent to an activating group) is 1. The largest absolute Gasteiger partial charge is 0.496 e. The Kier molecular flexibility index (Phi) is 5.94. The highest BCUT2D eigenvalue weighted by Crippen LogP contribution is 2.39. The second kappa shape index (κ2) is 9.20. The Hall–Kier alpha value is -3.79. The highest BCUT2D eigenvalue weighted by Gasteiger charge is 2.37. The van der Waals surface area contributed by atoms with Crippen molar-refractivity contribution >= 4 is 16.9 Å². The van der Waals surface area contributed by atoms with Crippen molar-refractivity contribution in [2.45, 2.75) is 25.1 Å². The molecule has 0 spiro atoms. The predicted octanol–water partition coefficient (Wildman–Crippen LogP) is 5.41. The van der Waals surface area contributed by atoms with Gasteiger partial charge in [-0.1, -0.05) is 6.07 Å². The molecule has 1 fully saturated rings. The second-order valence-corrected chi connectivity index (χ2v) is 10.1. The number of alkyl halides is 3. The number of halogens is 3. The molecule has 1 amide bonds. The molecule has 38 heavy (non-hydrogen) atoms. The van der Waals surface area contributed by atoms with Crippen LogP contribution in [0, 0.1) is 0 Å². The van der Waals surface area contributed by atoms with Gasteiger partial charge in [0.25, 0.3) is 5.91 Å². The second-order valence-electron chi connectivity index (χ2n) is 10.1. The molecule has 7 nitrogen and oxygen atoms in total. The zero-order valence-electron chi connectivity index (χ0n) is 21.1. The van der Waals surface area contributed by atoms with Crippen LogP contribution in [0.2, 0.25) is 0 Å². The van der Waals surface area contributed by atoms with Crippen molar-refractivity contribution in [3.8, 4) is 28.0 Å². The van der Waals surface area contributed by atoms with Crippen molar-refractivity contribution in [1.29, 1.82) is 0 Å². The summed E-state index contributed by atoms with van der Waals surface area (Å²) in [6.45, 7) is 0.770. The molecule has 1 saturated heterocycles. The molecule has 0 radical (unpaired) electrons.